The van der Waals surface area contributed by atoms with Gasteiger partial charge in [-0.15, -0.1) is 0 Å². The van der Waals surface area contributed by atoms with E-state index in [1.807, 2.05) is 13.0 Å². The Hall–Kier alpha value is -2.34. The van der Waals surface area contributed by atoms with Crippen LogP contribution in [0.15, 0.2) is 46.0 Å². The van der Waals surface area contributed by atoms with E-state index in [-0.39, 0.29) is 11.7 Å². The van der Waals surface area contributed by atoms with Gasteiger partial charge in [-0.25, -0.2) is 5.43 Å². The van der Waals surface area contributed by atoms with Crippen LogP contribution >= 0.6 is 15.9 Å². The molecular formula is C16H15BrN2O3. The first-order chi connectivity index (χ1) is 10.5. The number of amides is 1. The second kappa shape index (κ2) is 7.09. The van der Waals surface area contributed by atoms with Crippen molar-refractivity contribution in [1.29, 1.82) is 0 Å². The minimum absolute atomic E-state index is 0.0226. The molecule has 0 aromatic heterocycles. The van der Waals surface area contributed by atoms with Gasteiger partial charge in [0.25, 0.3) is 5.91 Å². The highest BCUT2D eigenvalue weighted by atomic mass is 79.9. The molecule has 0 atom stereocenters. The summed E-state index contributed by atoms with van der Waals surface area (Å²) in [6, 6.07) is 10.4. The van der Waals surface area contributed by atoms with E-state index in [0.717, 1.165) is 5.56 Å². The van der Waals surface area contributed by atoms with Crippen molar-refractivity contribution in [3.63, 3.8) is 0 Å². The number of halogens is 1. The Kier molecular flexibility index (Phi) is 5.16. The lowest BCUT2D eigenvalue weighted by molar-refractivity contribution is 0.0955. The maximum atomic E-state index is 11.9. The molecule has 0 radical (unpaired) electrons. The number of aryl methyl sites for hydroxylation is 1. The lowest BCUT2D eigenvalue weighted by Gasteiger charge is -2.06. The van der Waals surface area contributed by atoms with E-state index in [1.165, 1.54) is 13.3 Å². The zero-order valence-corrected chi connectivity index (χ0v) is 13.7. The molecule has 2 aromatic rings. The van der Waals surface area contributed by atoms with E-state index in [9.17, 15) is 9.90 Å². The number of nitrogens with one attached hydrogen (secondary N) is 1. The molecule has 0 aliphatic heterocycles. The van der Waals surface area contributed by atoms with Gasteiger partial charge in [-0.3, -0.25) is 4.79 Å². The van der Waals surface area contributed by atoms with Crippen LogP contribution in [0.4, 0.5) is 0 Å². The number of nitrogens with zero attached hydrogens (tertiary/aromatic N) is 1. The number of methoxy groups -OCH3 is 1. The lowest BCUT2D eigenvalue weighted by Crippen LogP contribution is -2.17. The van der Waals surface area contributed by atoms with Crippen molar-refractivity contribution in [3.8, 4) is 11.5 Å². The van der Waals surface area contributed by atoms with Crippen molar-refractivity contribution in [2.24, 2.45) is 5.10 Å². The molecule has 0 aliphatic carbocycles. The van der Waals surface area contributed by atoms with Gasteiger partial charge in [0.15, 0.2) is 0 Å². The van der Waals surface area contributed by atoms with Crippen molar-refractivity contribution in [3.05, 3.63) is 57.6 Å². The number of hydrogen-bond acceptors (Lipinski definition) is 4. The molecule has 2 N–H and O–H groups in total. The standard InChI is InChI=1S/C16H15BrN2O3/c1-10-4-3-5-11(6-10)16(21)19-18-9-12-7-13(22-2)8-14(17)15(12)20/h3-9,20H,1-2H3,(H,19,21)/b18-9-. The molecule has 0 bridgehead atoms. The molecule has 114 valence electrons. The maximum absolute atomic E-state index is 11.9. The van der Waals surface area contributed by atoms with Crippen LogP contribution in [0.1, 0.15) is 21.5 Å². The molecule has 0 fully saturated rings. The van der Waals surface area contributed by atoms with Gasteiger partial charge in [-0.2, -0.15) is 5.10 Å². The zero-order chi connectivity index (χ0) is 16.1. The highest BCUT2D eigenvalue weighted by molar-refractivity contribution is 9.10. The fourth-order valence-electron chi connectivity index (χ4n) is 1.82. The summed E-state index contributed by atoms with van der Waals surface area (Å²) in [5.41, 5.74) is 4.36. The Balaban J connectivity index is 2.13. The maximum Gasteiger partial charge on any atom is 0.271 e. The Morgan fingerprint density at radius 2 is 2.14 bits per heavy atom. The molecule has 0 heterocycles. The van der Waals surface area contributed by atoms with Gasteiger partial charge in [0.2, 0.25) is 0 Å². The van der Waals surface area contributed by atoms with Crippen LogP contribution < -0.4 is 10.2 Å². The summed E-state index contributed by atoms with van der Waals surface area (Å²) in [5.74, 6) is 0.270. The van der Waals surface area contributed by atoms with Crippen LogP contribution in [0, 0.1) is 6.92 Å². The molecule has 1 amide bonds. The van der Waals surface area contributed by atoms with E-state index < -0.39 is 0 Å². The van der Waals surface area contributed by atoms with Gasteiger partial charge in [0.05, 0.1) is 17.8 Å². The number of phenols is 1. The number of hydrazone groups is 1. The number of benzene rings is 2. The molecule has 0 saturated carbocycles. The smallest absolute Gasteiger partial charge is 0.271 e. The third-order valence-corrected chi connectivity index (χ3v) is 3.56. The molecule has 0 spiro atoms. The molecule has 5 nitrogen and oxygen atoms in total. The number of aromatic hydroxyl groups is 1. The van der Waals surface area contributed by atoms with Gasteiger partial charge in [-0.1, -0.05) is 17.7 Å². The van der Waals surface area contributed by atoms with Crippen molar-refractivity contribution in [1.82, 2.24) is 5.43 Å². The van der Waals surface area contributed by atoms with E-state index in [4.69, 9.17) is 4.74 Å². The average Bonchev–Trinajstić information content (AvgIpc) is 2.51. The number of phenolic OH excluding ortho intramolecular Hbond substituents is 1. The summed E-state index contributed by atoms with van der Waals surface area (Å²) < 4.78 is 5.60. The van der Waals surface area contributed by atoms with E-state index in [0.29, 0.717) is 21.3 Å². The van der Waals surface area contributed by atoms with Crippen LogP contribution in [-0.2, 0) is 0 Å². The second-order valence-electron chi connectivity index (χ2n) is 4.62. The van der Waals surface area contributed by atoms with Gasteiger partial charge in [-0.05, 0) is 47.1 Å². The third-order valence-electron chi connectivity index (χ3n) is 2.95. The quantitative estimate of drug-likeness (QED) is 0.647. The summed E-state index contributed by atoms with van der Waals surface area (Å²) in [7, 11) is 1.53. The van der Waals surface area contributed by atoms with Crippen molar-refractivity contribution in [2.75, 3.05) is 7.11 Å². The number of ether oxygens (including phenoxy) is 1. The molecule has 0 saturated heterocycles. The number of carbonyl (C=O) groups is 1. The highest BCUT2D eigenvalue weighted by Crippen LogP contribution is 2.31. The largest absolute Gasteiger partial charge is 0.506 e. The first kappa shape index (κ1) is 16.0. The van der Waals surface area contributed by atoms with Crippen LogP contribution in [0.25, 0.3) is 0 Å². The fourth-order valence-corrected chi connectivity index (χ4v) is 2.28. The Labute approximate surface area is 136 Å². The normalized spacial score (nSPS) is 10.7. The molecule has 6 heteroatoms. The van der Waals surface area contributed by atoms with E-state index in [2.05, 4.69) is 26.5 Å². The van der Waals surface area contributed by atoms with Crippen LogP contribution in [0.3, 0.4) is 0 Å². The first-order valence-electron chi connectivity index (χ1n) is 6.48. The predicted octanol–water partition coefficient (Wildman–Crippen LogP) is 3.24. The molecule has 22 heavy (non-hydrogen) atoms. The van der Waals surface area contributed by atoms with Gasteiger partial charge in [0, 0.05) is 11.1 Å². The summed E-state index contributed by atoms with van der Waals surface area (Å²) in [4.78, 5) is 11.9. The fraction of sp³-hybridized carbons (Fsp3) is 0.125. The minimum atomic E-state index is -0.318. The van der Waals surface area contributed by atoms with Crippen molar-refractivity contribution >= 4 is 28.1 Å². The molecule has 2 aromatic carbocycles. The van der Waals surface area contributed by atoms with E-state index in [1.54, 1.807) is 30.3 Å². The van der Waals surface area contributed by atoms with Crippen molar-refractivity contribution < 1.29 is 14.6 Å². The minimum Gasteiger partial charge on any atom is -0.506 e. The van der Waals surface area contributed by atoms with Gasteiger partial charge >= 0.3 is 0 Å². The summed E-state index contributed by atoms with van der Waals surface area (Å²) >= 11 is 3.22. The number of carbonyl (C=O) groups excluding carboxylic acids is 1. The van der Waals surface area contributed by atoms with Crippen LogP contribution in [0.5, 0.6) is 11.5 Å². The summed E-state index contributed by atoms with van der Waals surface area (Å²) in [6.07, 6.45) is 1.36. The average molecular weight is 363 g/mol. The van der Waals surface area contributed by atoms with Gasteiger partial charge < -0.3 is 9.84 Å². The monoisotopic (exact) mass is 362 g/mol. The summed E-state index contributed by atoms with van der Waals surface area (Å²) in [5, 5.41) is 13.8. The highest BCUT2D eigenvalue weighted by Gasteiger charge is 2.08. The Morgan fingerprint density at radius 3 is 2.82 bits per heavy atom. The lowest BCUT2D eigenvalue weighted by atomic mass is 10.1. The zero-order valence-electron chi connectivity index (χ0n) is 12.1. The Morgan fingerprint density at radius 1 is 1.36 bits per heavy atom. The van der Waals surface area contributed by atoms with E-state index >= 15 is 0 Å². The molecule has 0 aliphatic rings. The molecule has 0 unspecified atom stereocenters. The van der Waals surface area contributed by atoms with Crippen LogP contribution in [0.2, 0.25) is 0 Å². The molecular weight excluding hydrogens is 348 g/mol. The van der Waals surface area contributed by atoms with Gasteiger partial charge in [0.1, 0.15) is 11.5 Å². The van der Waals surface area contributed by atoms with Crippen LogP contribution in [-0.4, -0.2) is 24.3 Å². The number of hydrogen-bond donors (Lipinski definition) is 2. The third kappa shape index (κ3) is 3.85. The summed E-state index contributed by atoms with van der Waals surface area (Å²) in [6.45, 7) is 1.91. The topological polar surface area (TPSA) is 70.9 Å². The first-order valence-corrected chi connectivity index (χ1v) is 7.27. The predicted molar refractivity (Wildman–Crippen MR) is 88.6 cm³/mol. The van der Waals surface area contributed by atoms with Crippen molar-refractivity contribution in [2.45, 2.75) is 6.92 Å². The SMILES string of the molecule is COc1cc(Br)c(O)c(/C=N\NC(=O)c2cccc(C)c2)c1. The Bertz CT molecular complexity index is 729. The number of rotatable bonds is 4. The second-order valence-corrected chi connectivity index (χ2v) is 5.47. The molecule has 2 rings (SSSR count).